The molecule has 0 radical (unpaired) electrons. The molecular formula is C21H25BrN2O4S. The number of hydrogen-bond acceptors (Lipinski definition) is 5. The van der Waals surface area contributed by atoms with E-state index in [9.17, 15) is 13.2 Å². The Kier molecular flexibility index (Phi) is 7.45. The third kappa shape index (κ3) is 5.88. The van der Waals surface area contributed by atoms with Crippen molar-refractivity contribution < 1.29 is 17.9 Å². The fraction of sp³-hybridized carbons (Fsp3) is 0.381. The molecular weight excluding hydrogens is 456 g/mol. The van der Waals surface area contributed by atoms with E-state index >= 15 is 0 Å². The summed E-state index contributed by atoms with van der Waals surface area (Å²) in [7, 11) is -3.69. The first-order chi connectivity index (χ1) is 13.9. The van der Waals surface area contributed by atoms with E-state index in [1.165, 1.54) is 23.8 Å². The molecule has 1 fully saturated rings. The number of benzene rings is 2. The topological polar surface area (TPSA) is 75.7 Å². The largest absolute Gasteiger partial charge is 0.462 e. The van der Waals surface area contributed by atoms with Gasteiger partial charge >= 0.3 is 5.97 Å². The van der Waals surface area contributed by atoms with Crippen molar-refractivity contribution in [3.05, 3.63) is 64.1 Å². The highest BCUT2D eigenvalue weighted by atomic mass is 79.9. The molecule has 156 valence electrons. The highest BCUT2D eigenvalue weighted by Gasteiger charge is 2.26. The summed E-state index contributed by atoms with van der Waals surface area (Å²) in [4.78, 5) is 14.3. The number of carbonyl (C=O) groups excluding carboxylic acids is 1. The summed E-state index contributed by atoms with van der Waals surface area (Å²) in [5.74, 6) is -0.476. The number of rotatable bonds is 7. The van der Waals surface area contributed by atoms with Crippen molar-refractivity contribution in [2.45, 2.75) is 37.2 Å². The molecule has 2 aromatic rings. The van der Waals surface area contributed by atoms with Crippen LogP contribution in [0.4, 0.5) is 0 Å². The zero-order valence-electron chi connectivity index (χ0n) is 16.3. The van der Waals surface area contributed by atoms with Crippen LogP contribution in [0.25, 0.3) is 0 Å². The monoisotopic (exact) mass is 480 g/mol. The number of hydrogen-bond donors (Lipinski definition) is 1. The molecule has 1 aliphatic rings. The molecule has 3 rings (SSSR count). The highest BCUT2D eigenvalue weighted by Crippen LogP contribution is 2.25. The second kappa shape index (κ2) is 9.84. The minimum absolute atomic E-state index is 0.108. The standard InChI is InChI=1S/C21H25BrN2O4S/c1-2-28-21(25)17-8-9-20(19(22)14-17)29(26,27)23-18-10-12-24(13-11-18)15-16-6-4-3-5-7-16/h3-9,14,18,23H,2,10-13,15H2,1H3. The van der Waals surface area contributed by atoms with E-state index in [2.05, 4.69) is 37.7 Å². The molecule has 0 bridgehead atoms. The predicted molar refractivity (Wildman–Crippen MR) is 115 cm³/mol. The first-order valence-corrected chi connectivity index (χ1v) is 11.9. The van der Waals surface area contributed by atoms with Crippen molar-refractivity contribution in [1.29, 1.82) is 0 Å². The molecule has 0 unspecified atom stereocenters. The molecule has 8 heteroatoms. The van der Waals surface area contributed by atoms with Crippen molar-refractivity contribution in [3.63, 3.8) is 0 Å². The molecule has 0 spiro atoms. The molecule has 0 saturated carbocycles. The van der Waals surface area contributed by atoms with Crippen LogP contribution in [-0.4, -0.2) is 45.0 Å². The lowest BCUT2D eigenvalue weighted by atomic mass is 10.1. The zero-order chi connectivity index (χ0) is 20.9. The molecule has 0 atom stereocenters. The molecule has 0 aliphatic carbocycles. The van der Waals surface area contributed by atoms with E-state index in [4.69, 9.17) is 4.74 Å². The number of ether oxygens (including phenoxy) is 1. The average molecular weight is 481 g/mol. The van der Waals surface area contributed by atoms with E-state index in [0.29, 0.717) is 10.0 Å². The minimum atomic E-state index is -3.69. The van der Waals surface area contributed by atoms with Crippen molar-refractivity contribution in [3.8, 4) is 0 Å². The van der Waals surface area contributed by atoms with Crippen LogP contribution in [0.3, 0.4) is 0 Å². The quantitative estimate of drug-likeness (QED) is 0.613. The molecule has 1 heterocycles. The Hall–Kier alpha value is -1.74. The second-order valence-electron chi connectivity index (χ2n) is 7.02. The zero-order valence-corrected chi connectivity index (χ0v) is 18.7. The maximum atomic E-state index is 12.8. The number of carbonyl (C=O) groups is 1. The average Bonchev–Trinajstić information content (AvgIpc) is 2.70. The maximum Gasteiger partial charge on any atom is 0.338 e. The van der Waals surface area contributed by atoms with Gasteiger partial charge in [-0.15, -0.1) is 0 Å². The molecule has 6 nitrogen and oxygen atoms in total. The van der Waals surface area contributed by atoms with Gasteiger partial charge in [0, 0.05) is 30.1 Å². The Morgan fingerprint density at radius 1 is 1.17 bits per heavy atom. The van der Waals surface area contributed by atoms with Gasteiger partial charge in [0.2, 0.25) is 10.0 Å². The summed E-state index contributed by atoms with van der Waals surface area (Å²) in [6.45, 7) is 4.54. The number of esters is 1. The van der Waals surface area contributed by atoms with Crippen molar-refractivity contribution in [1.82, 2.24) is 9.62 Å². The van der Waals surface area contributed by atoms with E-state index in [1.54, 1.807) is 6.92 Å². The summed E-state index contributed by atoms with van der Waals surface area (Å²) in [5.41, 5.74) is 1.57. The highest BCUT2D eigenvalue weighted by molar-refractivity contribution is 9.10. The summed E-state index contributed by atoms with van der Waals surface area (Å²) < 4.78 is 33.8. The number of sulfonamides is 1. The van der Waals surface area contributed by atoms with Crippen molar-refractivity contribution in [2.24, 2.45) is 0 Å². The van der Waals surface area contributed by atoms with E-state index in [0.717, 1.165) is 32.5 Å². The molecule has 1 N–H and O–H groups in total. The third-order valence-corrected chi connectivity index (χ3v) is 7.39. The van der Waals surface area contributed by atoms with E-state index in [-0.39, 0.29) is 17.5 Å². The lowest BCUT2D eigenvalue weighted by Crippen LogP contribution is -2.44. The van der Waals surface area contributed by atoms with Gasteiger partial charge in [0.05, 0.1) is 17.1 Å². The molecule has 0 amide bonds. The van der Waals surface area contributed by atoms with Gasteiger partial charge in [0.15, 0.2) is 0 Å². The smallest absolute Gasteiger partial charge is 0.338 e. The summed E-state index contributed by atoms with van der Waals surface area (Å²) in [6.07, 6.45) is 1.51. The number of nitrogens with one attached hydrogen (secondary N) is 1. The normalized spacial score (nSPS) is 15.9. The van der Waals surface area contributed by atoms with Crippen molar-refractivity contribution in [2.75, 3.05) is 19.7 Å². The van der Waals surface area contributed by atoms with Crippen LogP contribution in [0, 0.1) is 0 Å². The van der Waals surface area contributed by atoms with E-state index in [1.807, 2.05) is 18.2 Å². The Bertz CT molecular complexity index is 942. The number of likely N-dealkylation sites (tertiary alicyclic amines) is 1. The van der Waals surface area contributed by atoms with Crippen LogP contribution in [0.1, 0.15) is 35.7 Å². The van der Waals surface area contributed by atoms with Gasteiger partial charge in [0.25, 0.3) is 0 Å². The van der Waals surface area contributed by atoms with Gasteiger partial charge in [-0.2, -0.15) is 0 Å². The molecule has 1 saturated heterocycles. The van der Waals surface area contributed by atoms with Crippen LogP contribution in [0.2, 0.25) is 0 Å². The molecule has 1 aliphatic heterocycles. The third-order valence-electron chi connectivity index (χ3n) is 4.89. The Labute approximate surface area is 180 Å². The van der Waals surface area contributed by atoms with Gasteiger partial charge in [0.1, 0.15) is 0 Å². The van der Waals surface area contributed by atoms with Gasteiger partial charge in [-0.25, -0.2) is 17.9 Å². The number of nitrogens with zero attached hydrogens (tertiary/aromatic N) is 1. The minimum Gasteiger partial charge on any atom is -0.462 e. The Balaban J connectivity index is 1.59. The fourth-order valence-corrected chi connectivity index (χ4v) is 5.78. The van der Waals surface area contributed by atoms with Crippen LogP contribution in [-0.2, 0) is 21.3 Å². The molecule has 0 aromatic heterocycles. The van der Waals surface area contributed by atoms with Gasteiger partial charge in [-0.05, 0) is 59.5 Å². The van der Waals surface area contributed by atoms with Gasteiger partial charge in [-0.1, -0.05) is 30.3 Å². The summed E-state index contributed by atoms with van der Waals surface area (Å²) in [6, 6.07) is 14.5. The maximum absolute atomic E-state index is 12.8. The predicted octanol–water partition coefficient (Wildman–Crippen LogP) is 3.57. The Morgan fingerprint density at radius 2 is 1.86 bits per heavy atom. The SMILES string of the molecule is CCOC(=O)c1ccc(S(=O)(=O)NC2CCN(Cc3ccccc3)CC2)c(Br)c1. The first-order valence-electron chi connectivity index (χ1n) is 9.64. The summed E-state index contributed by atoms with van der Waals surface area (Å²) >= 11 is 3.28. The van der Waals surface area contributed by atoms with Crippen LogP contribution in [0.5, 0.6) is 0 Å². The fourth-order valence-electron chi connectivity index (χ4n) is 3.39. The van der Waals surface area contributed by atoms with Gasteiger partial charge < -0.3 is 4.74 Å². The molecule has 2 aromatic carbocycles. The van der Waals surface area contributed by atoms with Gasteiger partial charge in [-0.3, -0.25) is 4.90 Å². The van der Waals surface area contributed by atoms with E-state index < -0.39 is 16.0 Å². The lowest BCUT2D eigenvalue weighted by Gasteiger charge is -2.32. The first kappa shape index (κ1) is 22.0. The van der Waals surface area contributed by atoms with Crippen LogP contribution < -0.4 is 4.72 Å². The molecule has 29 heavy (non-hydrogen) atoms. The van der Waals surface area contributed by atoms with Crippen LogP contribution >= 0.6 is 15.9 Å². The lowest BCUT2D eigenvalue weighted by molar-refractivity contribution is 0.0526. The van der Waals surface area contributed by atoms with Crippen molar-refractivity contribution >= 4 is 31.9 Å². The summed E-state index contributed by atoms with van der Waals surface area (Å²) in [5, 5.41) is 0. The Morgan fingerprint density at radius 3 is 2.48 bits per heavy atom. The van der Waals surface area contributed by atoms with Crippen LogP contribution in [0.15, 0.2) is 57.9 Å². The number of halogens is 1. The number of piperidine rings is 1. The second-order valence-corrected chi connectivity index (χ2v) is 9.56.